The lowest BCUT2D eigenvalue weighted by atomic mass is 10.2. The quantitative estimate of drug-likeness (QED) is 0.925. The average molecular weight is 343 g/mol. The van der Waals surface area contributed by atoms with Crippen LogP contribution in [0.5, 0.6) is 0 Å². The van der Waals surface area contributed by atoms with Gasteiger partial charge in [-0.15, -0.1) is 12.4 Å². The maximum atomic E-state index is 5.88. The van der Waals surface area contributed by atoms with Crippen molar-refractivity contribution in [1.82, 2.24) is 20.4 Å². The van der Waals surface area contributed by atoms with E-state index < -0.39 is 0 Å². The molecule has 1 aliphatic rings. The Hall–Kier alpha value is -1.14. The van der Waals surface area contributed by atoms with Gasteiger partial charge < -0.3 is 9.84 Å². The van der Waals surface area contributed by atoms with Gasteiger partial charge >= 0.3 is 0 Å². The molecular weight excluding hydrogens is 323 g/mol. The molecule has 7 heteroatoms. The van der Waals surface area contributed by atoms with Gasteiger partial charge in [-0.05, 0) is 31.2 Å². The number of aromatic nitrogens is 2. The fourth-order valence-corrected chi connectivity index (χ4v) is 2.65. The van der Waals surface area contributed by atoms with Crippen LogP contribution in [0.2, 0.25) is 5.02 Å². The van der Waals surface area contributed by atoms with Crippen LogP contribution in [0.4, 0.5) is 0 Å². The molecule has 120 valence electrons. The summed E-state index contributed by atoms with van der Waals surface area (Å²) in [6, 6.07) is 8.01. The molecule has 3 rings (SSSR count). The van der Waals surface area contributed by atoms with Crippen molar-refractivity contribution in [1.29, 1.82) is 0 Å². The highest BCUT2D eigenvalue weighted by atomic mass is 35.5. The zero-order valence-electron chi connectivity index (χ0n) is 12.5. The third kappa shape index (κ3) is 4.20. The van der Waals surface area contributed by atoms with Crippen LogP contribution in [0, 0.1) is 0 Å². The van der Waals surface area contributed by atoms with Gasteiger partial charge in [0.1, 0.15) is 0 Å². The monoisotopic (exact) mass is 342 g/mol. The first-order valence-corrected chi connectivity index (χ1v) is 7.63. The van der Waals surface area contributed by atoms with Gasteiger partial charge in [-0.25, -0.2) is 0 Å². The number of piperazine rings is 1. The Morgan fingerprint density at radius 1 is 1.36 bits per heavy atom. The fourth-order valence-electron chi connectivity index (χ4n) is 2.53. The van der Waals surface area contributed by atoms with Crippen LogP contribution in [0.25, 0.3) is 11.4 Å². The zero-order chi connectivity index (χ0) is 14.7. The first kappa shape index (κ1) is 17.2. The van der Waals surface area contributed by atoms with E-state index in [1.54, 1.807) is 0 Å². The Labute approximate surface area is 141 Å². The summed E-state index contributed by atoms with van der Waals surface area (Å²) >= 11 is 5.88. The van der Waals surface area contributed by atoms with Gasteiger partial charge in [0, 0.05) is 49.2 Å². The topological polar surface area (TPSA) is 54.2 Å². The molecule has 2 heterocycles. The van der Waals surface area contributed by atoms with Crippen LogP contribution in [-0.2, 0) is 6.42 Å². The normalized spacial score (nSPS) is 18.9. The van der Waals surface area contributed by atoms with E-state index in [1.165, 1.54) is 0 Å². The molecule has 5 nitrogen and oxygen atoms in total. The van der Waals surface area contributed by atoms with Crippen molar-refractivity contribution < 1.29 is 4.52 Å². The Morgan fingerprint density at radius 3 is 2.86 bits per heavy atom. The van der Waals surface area contributed by atoms with Gasteiger partial charge in [-0.3, -0.25) is 4.90 Å². The Bertz CT molecular complexity index is 587. The van der Waals surface area contributed by atoms with E-state index in [0.29, 0.717) is 22.8 Å². The Balaban J connectivity index is 0.00000176. The van der Waals surface area contributed by atoms with Gasteiger partial charge in [0.05, 0.1) is 0 Å². The molecule has 1 saturated heterocycles. The number of hydrogen-bond donors (Lipinski definition) is 1. The minimum absolute atomic E-state index is 0. The van der Waals surface area contributed by atoms with E-state index in [4.69, 9.17) is 16.1 Å². The summed E-state index contributed by atoms with van der Waals surface area (Å²) in [7, 11) is 0. The van der Waals surface area contributed by atoms with Crippen molar-refractivity contribution in [3.8, 4) is 11.4 Å². The number of benzene rings is 1. The summed E-state index contributed by atoms with van der Waals surface area (Å²) in [5, 5.41) is 8.13. The van der Waals surface area contributed by atoms with Crippen molar-refractivity contribution in [2.75, 3.05) is 26.2 Å². The van der Waals surface area contributed by atoms with E-state index in [0.717, 1.165) is 38.2 Å². The van der Waals surface area contributed by atoms with E-state index in [-0.39, 0.29) is 12.4 Å². The Morgan fingerprint density at radius 2 is 2.14 bits per heavy atom. The highest BCUT2D eigenvalue weighted by Crippen LogP contribution is 2.18. The third-order valence-corrected chi connectivity index (χ3v) is 4.07. The van der Waals surface area contributed by atoms with Gasteiger partial charge in [-0.2, -0.15) is 4.98 Å². The van der Waals surface area contributed by atoms with Gasteiger partial charge in [0.2, 0.25) is 11.7 Å². The van der Waals surface area contributed by atoms with Crippen molar-refractivity contribution in [2.24, 2.45) is 0 Å². The van der Waals surface area contributed by atoms with Crippen LogP contribution in [0.3, 0.4) is 0 Å². The van der Waals surface area contributed by atoms with Gasteiger partial charge in [0.15, 0.2) is 0 Å². The standard InChI is InChI=1S/C15H19ClN4O.ClH/c1-11-10-17-7-9-20(11)8-6-14-18-15(19-21-14)12-2-4-13(16)5-3-12;/h2-5,11,17H,6-10H2,1H3;1H/t11-;/m0./s1. The molecule has 0 bridgehead atoms. The summed E-state index contributed by atoms with van der Waals surface area (Å²) in [5.41, 5.74) is 0.921. The minimum atomic E-state index is 0. The predicted molar refractivity (Wildman–Crippen MR) is 89.6 cm³/mol. The highest BCUT2D eigenvalue weighted by molar-refractivity contribution is 6.30. The van der Waals surface area contributed by atoms with Crippen molar-refractivity contribution >= 4 is 24.0 Å². The number of hydrogen-bond acceptors (Lipinski definition) is 5. The number of nitrogens with one attached hydrogen (secondary N) is 1. The molecule has 2 aromatic rings. The molecule has 22 heavy (non-hydrogen) atoms. The summed E-state index contributed by atoms with van der Waals surface area (Å²) < 4.78 is 5.34. The first-order valence-electron chi connectivity index (χ1n) is 7.25. The third-order valence-electron chi connectivity index (χ3n) is 3.82. The largest absolute Gasteiger partial charge is 0.339 e. The summed E-state index contributed by atoms with van der Waals surface area (Å²) in [4.78, 5) is 6.90. The van der Waals surface area contributed by atoms with Crippen LogP contribution in [-0.4, -0.2) is 47.3 Å². The second-order valence-corrected chi connectivity index (χ2v) is 5.79. The molecule has 1 aromatic carbocycles. The molecule has 0 aliphatic carbocycles. The Kier molecular flexibility index (Phi) is 6.20. The first-order chi connectivity index (χ1) is 10.2. The number of halogens is 2. The lowest BCUT2D eigenvalue weighted by Gasteiger charge is -2.33. The van der Waals surface area contributed by atoms with Crippen LogP contribution >= 0.6 is 24.0 Å². The number of rotatable bonds is 4. The lowest BCUT2D eigenvalue weighted by Crippen LogP contribution is -2.50. The highest BCUT2D eigenvalue weighted by Gasteiger charge is 2.18. The lowest BCUT2D eigenvalue weighted by molar-refractivity contribution is 0.171. The molecular formula is C15H20Cl2N4O. The minimum Gasteiger partial charge on any atom is -0.339 e. The zero-order valence-corrected chi connectivity index (χ0v) is 14.0. The second-order valence-electron chi connectivity index (χ2n) is 5.36. The van der Waals surface area contributed by atoms with E-state index in [9.17, 15) is 0 Å². The van der Waals surface area contributed by atoms with Crippen molar-refractivity contribution in [3.63, 3.8) is 0 Å². The summed E-state index contributed by atoms with van der Waals surface area (Å²) in [6.45, 7) is 6.34. The van der Waals surface area contributed by atoms with Crippen LogP contribution < -0.4 is 5.32 Å². The second kappa shape index (κ2) is 7.92. The summed E-state index contributed by atoms with van der Waals surface area (Å²) in [6.07, 6.45) is 0.783. The van der Waals surface area contributed by atoms with E-state index in [1.807, 2.05) is 24.3 Å². The maximum absolute atomic E-state index is 5.88. The fraction of sp³-hybridized carbons (Fsp3) is 0.467. The maximum Gasteiger partial charge on any atom is 0.228 e. The molecule has 1 fully saturated rings. The molecule has 1 N–H and O–H groups in total. The van der Waals surface area contributed by atoms with E-state index >= 15 is 0 Å². The molecule has 0 saturated carbocycles. The average Bonchev–Trinajstić information content (AvgIpc) is 2.96. The van der Waals surface area contributed by atoms with Crippen molar-refractivity contribution in [3.05, 3.63) is 35.2 Å². The van der Waals surface area contributed by atoms with Crippen molar-refractivity contribution in [2.45, 2.75) is 19.4 Å². The van der Waals surface area contributed by atoms with Gasteiger partial charge in [0.25, 0.3) is 0 Å². The molecule has 0 amide bonds. The van der Waals surface area contributed by atoms with Crippen LogP contribution in [0.15, 0.2) is 28.8 Å². The smallest absolute Gasteiger partial charge is 0.228 e. The number of nitrogens with zero attached hydrogens (tertiary/aromatic N) is 3. The SMILES string of the molecule is C[C@H]1CNCCN1CCc1nc(-c2ccc(Cl)cc2)no1.Cl. The predicted octanol–water partition coefficient (Wildman–Crippen LogP) is 2.65. The molecule has 0 spiro atoms. The molecule has 1 aliphatic heterocycles. The molecule has 0 unspecified atom stereocenters. The summed E-state index contributed by atoms with van der Waals surface area (Å²) in [5.74, 6) is 1.31. The van der Waals surface area contributed by atoms with Crippen LogP contribution in [0.1, 0.15) is 12.8 Å². The molecule has 0 radical (unpaired) electrons. The molecule has 1 aromatic heterocycles. The van der Waals surface area contributed by atoms with E-state index in [2.05, 4.69) is 27.3 Å². The van der Waals surface area contributed by atoms with Gasteiger partial charge in [-0.1, -0.05) is 16.8 Å². The molecule has 1 atom stereocenters.